The zero-order valence-corrected chi connectivity index (χ0v) is 27.9. The highest BCUT2D eigenvalue weighted by molar-refractivity contribution is 5.91. The summed E-state index contributed by atoms with van der Waals surface area (Å²) in [6.07, 6.45) is -1.00. The lowest BCUT2D eigenvalue weighted by atomic mass is 10.1. The first-order valence-electron chi connectivity index (χ1n) is 14.9. The van der Waals surface area contributed by atoms with Gasteiger partial charge >= 0.3 is 12.2 Å². The summed E-state index contributed by atoms with van der Waals surface area (Å²) in [5.74, 6) is 0.419. The lowest BCUT2D eigenvalue weighted by Crippen LogP contribution is -2.41. The number of rotatable bonds is 11. The topological polar surface area (TPSA) is 138 Å². The third-order valence-corrected chi connectivity index (χ3v) is 6.60. The zero-order chi connectivity index (χ0) is 33.5. The van der Waals surface area contributed by atoms with Crippen LogP contribution in [0.15, 0.2) is 42.5 Å². The molecule has 246 valence electrons. The number of carbonyl (C=O) groups is 3. The fourth-order valence-corrected chi connectivity index (χ4v) is 4.46. The van der Waals surface area contributed by atoms with Crippen LogP contribution in [0.1, 0.15) is 65.3 Å². The van der Waals surface area contributed by atoms with E-state index in [1.165, 1.54) is 14.5 Å². The van der Waals surface area contributed by atoms with Gasteiger partial charge in [-0.05, 0) is 71.4 Å². The maximum absolute atomic E-state index is 13.2. The molecule has 0 spiro atoms. The lowest BCUT2D eigenvalue weighted by molar-refractivity contribution is -0.128. The second kappa shape index (κ2) is 14.6. The standard InChI is InChI=1S/C33H47N5O7/c1-32(2,3)44-30(40)37(21-28(42-9)22-11-10-12-23(34)19-22)17-18-43-24-13-14-25-26(15-16-29(39)36(7)8)35-38(27(25)20-24)31(41)45-33(4,5)6/h10-14,19-20,28H,15-18,21,34H2,1-9H3/t28-/m0/s1. The SMILES string of the molecule is CO[C@@H](CN(CCOc1ccc2c(CCC(=O)N(C)C)nn(C(=O)OC(C)(C)C)c2c1)C(=O)OC(C)(C)C)c1cccc(N)c1. The second-order valence-electron chi connectivity index (χ2n) is 13.0. The minimum absolute atomic E-state index is 0.0455. The molecule has 0 aliphatic rings. The summed E-state index contributed by atoms with van der Waals surface area (Å²) in [7, 11) is 4.96. The maximum Gasteiger partial charge on any atom is 0.435 e. The van der Waals surface area contributed by atoms with Crippen LogP contribution in [-0.2, 0) is 25.4 Å². The van der Waals surface area contributed by atoms with E-state index in [0.717, 1.165) is 5.56 Å². The highest BCUT2D eigenvalue weighted by Gasteiger charge is 2.26. The first-order chi connectivity index (χ1) is 21.0. The number of nitrogens with zero attached hydrogens (tertiary/aromatic N) is 4. The summed E-state index contributed by atoms with van der Waals surface area (Å²) in [6, 6.07) is 12.6. The Morgan fingerprint density at radius 1 is 0.978 bits per heavy atom. The van der Waals surface area contributed by atoms with Gasteiger partial charge in [-0.15, -0.1) is 0 Å². The summed E-state index contributed by atoms with van der Waals surface area (Å²) in [4.78, 5) is 41.6. The van der Waals surface area contributed by atoms with E-state index in [4.69, 9.17) is 24.7 Å². The molecule has 0 saturated carbocycles. The first-order valence-corrected chi connectivity index (χ1v) is 14.9. The molecule has 2 aromatic carbocycles. The van der Waals surface area contributed by atoms with Crippen molar-refractivity contribution in [2.45, 2.75) is 71.7 Å². The molecule has 0 radical (unpaired) electrons. The van der Waals surface area contributed by atoms with Crippen molar-refractivity contribution in [3.63, 3.8) is 0 Å². The quantitative estimate of drug-likeness (QED) is 0.277. The van der Waals surface area contributed by atoms with Crippen molar-refractivity contribution < 1.29 is 33.3 Å². The van der Waals surface area contributed by atoms with Gasteiger partial charge in [-0.1, -0.05) is 12.1 Å². The number of ether oxygens (including phenoxy) is 4. The molecule has 0 bridgehead atoms. The molecule has 1 atom stereocenters. The predicted molar refractivity (Wildman–Crippen MR) is 172 cm³/mol. The van der Waals surface area contributed by atoms with Gasteiger partial charge in [-0.3, -0.25) is 4.79 Å². The molecule has 2 N–H and O–H groups in total. The average molecular weight is 626 g/mol. The molecule has 1 aromatic heterocycles. The van der Waals surface area contributed by atoms with Gasteiger partial charge in [0.15, 0.2) is 0 Å². The summed E-state index contributed by atoms with van der Waals surface area (Å²) in [5, 5.41) is 5.22. The van der Waals surface area contributed by atoms with Crippen LogP contribution in [0, 0.1) is 0 Å². The maximum atomic E-state index is 13.2. The number of benzene rings is 2. The van der Waals surface area contributed by atoms with Crippen LogP contribution in [0.25, 0.3) is 10.9 Å². The van der Waals surface area contributed by atoms with Gasteiger partial charge in [-0.2, -0.15) is 9.78 Å². The van der Waals surface area contributed by atoms with Gasteiger partial charge in [0.25, 0.3) is 0 Å². The number of methoxy groups -OCH3 is 1. The number of aryl methyl sites for hydroxylation is 1. The number of amides is 2. The van der Waals surface area contributed by atoms with E-state index in [2.05, 4.69) is 5.10 Å². The Balaban J connectivity index is 1.84. The van der Waals surface area contributed by atoms with E-state index >= 15 is 0 Å². The number of aromatic nitrogens is 2. The molecule has 0 aliphatic heterocycles. The van der Waals surface area contributed by atoms with Crippen molar-refractivity contribution in [2.75, 3.05) is 46.6 Å². The Labute approximate surface area is 265 Å². The van der Waals surface area contributed by atoms with Gasteiger partial charge in [0, 0.05) is 51.2 Å². The fourth-order valence-electron chi connectivity index (χ4n) is 4.46. The van der Waals surface area contributed by atoms with Gasteiger partial charge in [0.05, 0.1) is 30.4 Å². The Kier molecular flexibility index (Phi) is 11.4. The Morgan fingerprint density at radius 3 is 2.27 bits per heavy atom. The first kappa shape index (κ1) is 35.2. The number of hydrogen-bond acceptors (Lipinski definition) is 9. The molecule has 3 rings (SSSR count). The Hall–Kier alpha value is -4.32. The number of nitrogen functional groups attached to an aromatic ring is 1. The molecule has 1 heterocycles. The summed E-state index contributed by atoms with van der Waals surface area (Å²) >= 11 is 0. The lowest BCUT2D eigenvalue weighted by Gasteiger charge is -2.30. The van der Waals surface area contributed by atoms with Crippen molar-refractivity contribution in [1.82, 2.24) is 19.6 Å². The van der Waals surface area contributed by atoms with Crippen molar-refractivity contribution in [2.24, 2.45) is 0 Å². The van der Waals surface area contributed by atoms with E-state index in [9.17, 15) is 14.4 Å². The number of hydrogen-bond donors (Lipinski definition) is 1. The van der Waals surface area contributed by atoms with Crippen LogP contribution in [0.2, 0.25) is 0 Å². The largest absolute Gasteiger partial charge is 0.492 e. The minimum atomic E-state index is -0.735. The molecule has 0 aliphatic carbocycles. The van der Waals surface area contributed by atoms with E-state index < -0.39 is 29.5 Å². The molecular weight excluding hydrogens is 578 g/mol. The highest BCUT2D eigenvalue weighted by atomic mass is 16.6. The van der Waals surface area contributed by atoms with Gasteiger partial charge in [0.2, 0.25) is 5.91 Å². The predicted octanol–water partition coefficient (Wildman–Crippen LogP) is 5.43. The van der Waals surface area contributed by atoms with Crippen molar-refractivity contribution in [3.8, 4) is 5.75 Å². The van der Waals surface area contributed by atoms with Crippen molar-refractivity contribution in [1.29, 1.82) is 0 Å². The molecule has 12 nitrogen and oxygen atoms in total. The summed E-state index contributed by atoms with van der Waals surface area (Å²) in [6.45, 7) is 11.3. The molecule has 2 amide bonds. The van der Waals surface area contributed by atoms with Crippen molar-refractivity contribution in [3.05, 3.63) is 53.7 Å². The van der Waals surface area contributed by atoms with E-state index in [0.29, 0.717) is 34.5 Å². The minimum Gasteiger partial charge on any atom is -0.492 e. The summed E-state index contributed by atoms with van der Waals surface area (Å²) < 4.78 is 24.2. The van der Waals surface area contributed by atoms with Crippen LogP contribution in [0.4, 0.5) is 15.3 Å². The molecule has 0 unspecified atom stereocenters. The fraction of sp³-hybridized carbons (Fsp3) is 0.515. The van der Waals surface area contributed by atoms with Gasteiger partial charge < -0.3 is 34.5 Å². The van der Waals surface area contributed by atoms with Crippen LogP contribution in [0.3, 0.4) is 0 Å². The number of nitrogens with two attached hydrogens (primary N) is 1. The van der Waals surface area contributed by atoms with E-state index in [1.54, 1.807) is 87.0 Å². The normalized spacial score (nSPS) is 12.5. The van der Waals surface area contributed by atoms with Crippen LogP contribution in [-0.4, -0.2) is 89.8 Å². The second-order valence-corrected chi connectivity index (χ2v) is 13.0. The highest BCUT2D eigenvalue weighted by Crippen LogP contribution is 2.27. The molecule has 0 fully saturated rings. The van der Waals surface area contributed by atoms with E-state index in [-0.39, 0.29) is 32.0 Å². The smallest absolute Gasteiger partial charge is 0.435 e. The summed E-state index contributed by atoms with van der Waals surface area (Å²) in [5.41, 5.74) is 7.05. The average Bonchev–Trinajstić information content (AvgIpc) is 3.29. The van der Waals surface area contributed by atoms with Crippen LogP contribution >= 0.6 is 0 Å². The van der Waals surface area contributed by atoms with Gasteiger partial charge in [0.1, 0.15) is 23.6 Å². The van der Waals surface area contributed by atoms with Gasteiger partial charge in [-0.25, -0.2) is 9.59 Å². The number of anilines is 1. The van der Waals surface area contributed by atoms with E-state index in [1.807, 2.05) is 18.2 Å². The number of fused-ring (bicyclic) bond motifs is 1. The molecule has 12 heteroatoms. The molecular formula is C33H47N5O7. The van der Waals surface area contributed by atoms with Crippen molar-refractivity contribution >= 4 is 34.7 Å². The third-order valence-electron chi connectivity index (χ3n) is 6.60. The zero-order valence-electron chi connectivity index (χ0n) is 27.9. The molecule has 0 saturated heterocycles. The van der Waals surface area contributed by atoms with Crippen LogP contribution < -0.4 is 10.5 Å². The number of carbonyl (C=O) groups excluding carboxylic acids is 3. The van der Waals surface area contributed by atoms with Crippen LogP contribution in [0.5, 0.6) is 5.75 Å². The third kappa shape index (κ3) is 10.4. The Morgan fingerprint density at radius 2 is 1.67 bits per heavy atom. The molecule has 3 aromatic rings. The monoisotopic (exact) mass is 625 g/mol. The Bertz CT molecular complexity index is 1490. The molecule has 45 heavy (non-hydrogen) atoms.